The van der Waals surface area contributed by atoms with Crippen molar-refractivity contribution >= 4 is 37.2 Å². The molecule has 1 amide bonds. The first-order valence-corrected chi connectivity index (χ1v) is 15.5. The molecule has 2 aliphatic heterocycles. The van der Waals surface area contributed by atoms with Crippen molar-refractivity contribution in [2.45, 2.75) is 11.4 Å². The molecule has 0 aliphatic carbocycles. The average molecular weight is 586 g/mol. The molecule has 0 fully saturated rings. The van der Waals surface area contributed by atoms with Gasteiger partial charge in [0.05, 0.1) is 48.9 Å². The summed E-state index contributed by atoms with van der Waals surface area (Å²) in [5.74, 6) is -0.150. The van der Waals surface area contributed by atoms with E-state index in [4.69, 9.17) is 24.4 Å². The molecule has 0 atom stereocenters. The molecule has 5 rings (SSSR count). The number of para-hydroxylation sites is 2. The van der Waals surface area contributed by atoms with Crippen LogP contribution in [0.5, 0.6) is 5.75 Å². The van der Waals surface area contributed by atoms with Crippen LogP contribution in [0.4, 0.5) is 11.5 Å². The lowest BCUT2D eigenvalue weighted by Crippen LogP contribution is -2.37. The standard InChI is InChI=1S/C26H31N5O7SSi/c1-40-38-13-11-31-10-12-35-14-15-36-16-17-37-23-5-3-2-4-21(23)30-26(32)24-25(27)28-18-22(29-24)19-6-8-20(9-7-19)39(31,33)34/h2-9,18H,10-17H2,1H3,(H2,27,28)(H,30,32)/q+1. The number of sulfonamides is 1. The van der Waals surface area contributed by atoms with E-state index in [0.717, 1.165) is 0 Å². The Kier molecular flexibility index (Phi) is 10.6. The van der Waals surface area contributed by atoms with Gasteiger partial charge >= 0.3 is 9.76 Å². The number of hydrogen-bond donors (Lipinski definition) is 2. The summed E-state index contributed by atoms with van der Waals surface area (Å²) in [5.41, 5.74) is 7.27. The first-order chi connectivity index (χ1) is 19.4. The van der Waals surface area contributed by atoms with E-state index in [-0.39, 0.29) is 65.7 Å². The van der Waals surface area contributed by atoms with Gasteiger partial charge in [-0.25, -0.2) is 22.8 Å². The molecule has 40 heavy (non-hydrogen) atoms. The zero-order valence-corrected chi connectivity index (χ0v) is 23.9. The van der Waals surface area contributed by atoms with Crippen LogP contribution in [0.1, 0.15) is 10.5 Å². The number of ether oxygens (including phenoxy) is 3. The van der Waals surface area contributed by atoms with Gasteiger partial charge in [0, 0.05) is 18.7 Å². The number of fused-ring (bicyclic) bond motifs is 13. The summed E-state index contributed by atoms with van der Waals surface area (Å²) in [6.07, 6.45) is 1.43. The molecule has 211 valence electrons. The molecule has 3 heterocycles. The van der Waals surface area contributed by atoms with Gasteiger partial charge in [-0.1, -0.05) is 24.3 Å². The van der Waals surface area contributed by atoms with Crippen molar-refractivity contribution in [2.24, 2.45) is 0 Å². The van der Waals surface area contributed by atoms with Gasteiger partial charge in [-0.15, -0.1) is 0 Å². The number of nitrogens with zero attached hydrogens (tertiary/aromatic N) is 3. The van der Waals surface area contributed by atoms with Crippen LogP contribution in [-0.2, 0) is 23.9 Å². The number of carbonyl (C=O) groups is 1. The first-order valence-electron chi connectivity index (χ1n) is 12.6. The lowest BCUT2D eigenvalue weighted by molar-refractivity contribution is 0.0335. The van der Waals surface area contributed by atoms with E-state index in [1.54, 1.807) is 36.4 Å². The lowest BCUT2D eigenvalue weighted by atomic mass is 10.1. The molecule has 0 saturated carbocycles. The van der Waals surface area contributed by atoms with Crippen LogP contribution in [0.15, 0.2) is 59.6 Å². The predicted octanol–water partition coefficient (Wildman–Crippen LogP) is 2.08. The number of benzene rings is 2. The fourth-order valence-electron chi connectivity index (χ4n) is 3.83. The van der Waals surface area contributed by atoms with Crippen LogP contribution >= 0.6 is 0 Å². The molecule has 14 heteroatoms. The van der Waals surface area contributed by atoms with Crippen LogP contribution in [0.3, 0.4) is 0 Å². The normalized spacial score (nSPS) is 17.0. The van der Waals surface area contributed by atoms with Crippen LogP contribution in [0, 0.1) is 0 Å². The molecule has 0 saturated heterocycles. The van der Waals surface area contributed by atoms with E-state index >= 15 is 0 Å². The first kappa shape index (κ1) is 29.6. The van der Waals surface area contributed by atoms with Gasteiger partial charge in [-0.3, -0.25) is 4.79 Å². The van der Waals surface area contributed by atoms with E-state index < -0.39 is 15.9 Å². The zero-order chi connectivity index (χ0) is 28.4. The maximum Gasteiger partial charge on any atom is 0.668 e. The van der Waals surface area contributed by atoms with E-state index in [2.05, 4.69) is 15.3 Å². The van der Waals surface area contributed by atoms with E-state index in [1.165, 1.54) is 22.6 Å². The molecule has 1 radical (unpaired) electrons. The SMILES string of the molecule is C[Si+]OCCN1CCOCCOCCOc2ccccc2NC(=O)c2nc(cnc2N)-c2ccc(cc2)S1(=O)=O. The highest BCUT2D eigenvalue weighted by molar-refractivity contribution is 7.89. The predicted molar refractivity (Wildman–Crippen MR) is 150 cm³/mol. The van der Waals surface area contributed by atoms with Gasteiger partial charge in [-0.2, -0.15) is 4.31 Å². The van der Waals surface area contributed by atoms with Crippen molar-refractivity contribution in [3.8, 4) is 17.0 Å². The van der Waals surface area contributed by atoms with Crippen molar-refractivity contribution in [3.63, 3.8) is 0 Å². The lowest BCUT2D eigenvalue weighted by Gasteiger charge is -2.21. The molecule has 12 nitrogen and oxygen atoms in total. The number of nitrogens with two attached hydrogens (primary N) is 1. The monoisotopic (exact) mass is 585 g/mol. The maximum absolute atomic E-state index is 13.4. The number of rotatable bonds is 4. The zero-order valence-electron chi connectivity index (χ0n) is 22.0. The van der Waals surface area contributed by atoms with Crippen molar-refractivity contribution in [2.75, 3.05) is 63.8 Å². The summed E-state index contributed by atoms with van der Waals surface area (Å²) < 4.78 is 50.6. The van der Waals surface area contributed by atoms with E-state index in [9.17, 15) is 13.2 Å². The molecule has 3 aromatic rings. The molecular weight excluding hydrogens is 554 g/mol. The number of amides is 1. The Balaban J connectivity index is 1.64. The Labute approximate surface area is 235 Å². The smallest absolute Gasteiger partial charge is 0.489 e. The van der Waals surface area contributed by atoms with Gasteiger partial charge in [0.2, 0.25) is 10.0 Å². The molecule has 0 unspecified atom stereocenters. The van der Waals surface area contributed by atoms with E-state index in [1.807, 2.05) is 6.55 Å². The minimum atomic E-state index is -3.83. The highest BCUT2D eigenvalue weighted by atomic mass is 32.2. The van der Waals surface area contributed by atoms with Crippen molar-refractivity contribution in [3.05, 3.63) is 60.4 Å². The highest BCUT2D eigenvalue weighted by Crippen LogP contribution is 2.26. The molecule has 4 bridgehead atoms. The third kappa shape index (κ3) is 7.62. The Morgan fingerprint density at radius 3 is 2.55 bits per heavy atom. The quantitative estimate of drug-likeness (QED) is 0.264. The summed E-state index contributed by atoms with van der Waals surface area (Å²) in [4.78, 5) is 21.8. The van der Waals surface area contributed by atoms with Gasteiger partial charge < -0.3 is 25.3 Å². The fraction of sp³-hybridized carbons (Fsp3) is 0.346. The van der Waals surface area contributed by atoms with Gasteiger partial charge in [0.1, 0.15) is 25.5 Å². The summed E-state index contributed by atoms with van der Waals surface area (Å²) in [6, 6.07) is 13.2. The molecule has 2 aromatic carbocycles. The maximum atomic E-state index is 13.4. The molecule has 0 spiro atoms. The highest BCUT2D eigenvalue weighted by Gasteiger charge is 2.25. The van der Waals surface area contributed by atoms with Gasteiger partial charge in [0.25, 0.3) is 5.91 Å². The second-order valence-corrected chi connectivity index (χ2v) is 11.1. The van der Waals surface area contributed by atoms with Crippen LogP contribution < -0.4 is 15.8 Å². The number of carbonyl (C=O) groups excluding carboxylic acids is 1. The largest absolute Gasteiger partial charge is 0.668 e. The number of anilines is 2. The third-order valence-corrected chi connectivity index (χ3v) is 8.27. The van der Waals surface area contributed by atoms with Crippen molar-refractivity contribution in [1.29, 1.82) is 0 Å². The molecule has 1 aromatic heterocycles. The second kappa shape index (κ2) is 14.3. The van der Waals surface area contributed by atoms with Crippen molar-refractivity contribution < 1.29 is 31.8 Å². The molecular formula is C26H31N5O7SSi+. The minimum Gasteiger partial charge on any atom is -0.489 e. The van der Waals surface area contributed by atoms with Crippen LogP contribution in [0.2, 0.25) is 6.55 Å². The van der Waals surface area contributed by atoms with Crippen LogP contribution in [-0.4, -0.2) is 91.1 Å². The Bertz CT molecular complexity index is 1390. The summed E-state index contributed by atoms with van der Waals surface area (Å²) >= 11 is 0. The van der Waals surface area contributed by atoms with Crippen LogP contribution in [0.25, 0.3) is 11.3 Å². The number of nitrogen functional groups attached to an aromatic ring is 1. The van der Waals surface area contributed by atoms with Gasteiger partial charge in [0.15, 0.2) is 11.5 Å². The second-order valence-electron chi connectivity index (χ2n) is 8.49. The topological polar surface area (TPSA) is 155 Å². The minimum absolute atomic E-state index is 0.0468. The Morgan fingerprint density at radius 2 is 1.77 bits per heavy atom. The summed E-state index contributed by atoms with van der Waals surface area (Å²) in [6.45, 7) is 3.82. The summed E-state index contributed by atoms with van der Waals surface area (Å²) in [5, 5.41) is 2.78. The van der Waals surface area contributed by atoms with E-state index in [0.29, 0.717) is 35.9 Å². The Morgan fingerprint density at radius 1 is 1.05 bits per heavy atom. The summed E-state index contributed by atoms with van der Waals surface area (Å²) in [7, 11) is -3.58. The molecule has 3 N–H and O–H groups in total. The van der Waals surface area contributed by atoms with Gasteiger partial charge in [-0.05, 0) is 24.3 Å². The number of nitrogens with one attached hydrogen (secondary N) is 1. The van der Waals surface area contributed by atoms with Crippen molar-refractivity contribution in [1.82, 2.24) is 14.3 Å². The fourth-order valence-corrected chi connectivity index (χ4v) is 5.53. The molecule has 2 aliphatic rings. The number of aromatic nitrogens is 2. The Hall–Kier alpha value is -3.40. The number of hydrogen-bond acceptors (Lipinski definition) is 10. The third-order valence-electron chi connectivity index (χ3n) is 5.87. The average Bonchev–Trinajstić information content (AvgIpc) is 2.96.